The number of methoxy groups -OCH3 is 1. The molecule has 0 unspecified atom stereocenters. The third kappa shape index (κ3) is 3.41. The van der Waals surface area contributed by atoms with Gasteiger partial charge in [-0.1, -0.05) is 12.1 Å². The third-order valence-electron chi connectivity index (χ3n) is 4.47. The van der Waals surface area contributed by atoms with Gasteiger partial charge in [-0.3, -0.25) is 14.9 Å². The second-order valence-electron chi connectivity index (χ2n) is 5.98. The maximum absolute atomic E-state index is 11.8. The molecule has 0 bridgehead atoms. The average Bonchev–Trinajstić information content (AvgIpc) is 2.67. The van der Waals surface area contributed by atoms with Crippen LogP contribution >= 0.6 is 0 Å². The van der Waals surface area contributed by atoms with Crippen LogP contribution in [-0.2, 0) is 4.79 Å². The van der Waals surface area contributed by atoms with Crippen LogP contribution in [0.4, 0.5) is 11.5 Å². The minimum atomic E-state index is -0.834. The molecule has 9 nitrogen and oxygen atoms in total. The van der Waals surface area contributed by atoms with Crippen LogP contribution in [0.15, 0.2) is 30.6 Å². The molecular formula is C17H18N4O5. The zero-order chi connectivity index (χ0) is 18.7. The van der Waals surface area contributed by atoms with Crippen molar-refractivity contribution in [2.75, 3.05) is 25.1 Å². The number of anilines is 1. The van der Waals surface area contributed by atoms with Gasteiger partial charge in [0.25, 0.3) is 0 Å². The summed E-state index contributed by atoms with van der Waals surface area (Å²) in [6.07, 6.45) is 2.14. The van der Waals surface area contributed by atoms with Crippen molar-refractivity contribution in [1.29, 1.82) is 0 Å². The van der Waals surface area contributed by atoms with Crippen molar-refractivity contribution in [3.63, 3.8) is 0 Å². The van der Waals surface area contributed by atoms with Gasteiger partial charge >= 0.3 is 11.7 Å². The molecule has 3 rings (SSSR count). The van der Waals surface area contributed by atoms with E-state index in [1.54, 1.807) is 29.2 Å². The Morgan fingerprint density at radius 1 is 1.35 bits per heavy atom. The zero-order valence-electron chi connectivity index (χ0n) is 14.2. The molecule has 0 atom stereocenters. The first-order valence-electron chi connectivity index (χ1n) is 8.13. The number of ether oxygens (including phenoxy) is 1. The van der Waals surface area contributed by atoms with Crippen molar-refractivity contribution < 1.29 is 19.6 Å². The number of piperidine rings is 1. The number of aromatic nitrogens is 2. The molecule has 1 aliphatic heterocycles. The smallest absolute Gasteiger partial charge is 0.337 e. The normalized spacial score (nSPS) is 14.9. The minimum Gasteiger partial charge on any atom is -0.497 e. The van der Waals surface area contributed by atoms with Gasteiger partial charge in [-0.05, 0) is 25.0 Å². The van der Waals surface area contributed by atoms with Crippen molar-refractivity contribution in [2.24, 2.45) is 5.92 Å². The number of hydrogen-bond acceptors (Lipinski definition) is 7. The van der Waals surface area contributed by atoms with Gasteiger partial charge in [-0.15, -0.1) is 0 Å². The molecule has 1 aliphatic rings. The van der Waals surface area contributed by atoms with Gasteiger partial charge < -0.3 is 14.7 Å². The summed E-state index contributed by atoms with van der Waals surface area (Å²) >= 11 is 0. The fraction of sp³-hybridized carbons (Fsp3) is 0.353. The van der Waals surface area contributed by atoms with Crippen LogP contribution in [0.2, 0.25) is 0 Å². The molecule has 0 saturated carbocycles. The molecular weight excluding hydrogens is 340 g/mol. The number of carboxylic acids is 1. The minimum absolute atomic E-state index is 0.186. The molecule has 0 amide bonds. The van der Waals surface area contributed by atoms with E-state index in [1.165, 1.54) is 13.4 Å². The maximum Gasteiger partial charge on any atom is 0.337 e. The van der Waals surface area contributed by atoms with Crippen molar-refractivity contribution in [1.82, 2.24) is 9.97 Å². The average molecular weight is 358 g/mol. The van der Waals surface area contributed by atoms with Crippen LogP contribution in [0, 0.1) is 16.0 Å². The van der Waals surface area contributed by atoms with E-state index in [9.17, 15) is 14.9 Å². The van der Waals surface area contributed by atoms with E-state index >= 15 is 0 Å². The second kappa shape index (κ2) is 7.34. The Morgan fingerprint density at radius 3 is 2.69 bits per heavy atom. The monoisotopic (exact) mass is 358 g/mol. The quantitative estimate of drug-likeness (QED) is 0.639. The highest BCUT2D eigenvalue weighted by molar-refractivity contribution is 5.78. The summed E-state index contributed by atoms with van der Waals surface area (Å²) in [6, 6.07) is 6.88. The SMILES string of the molecule is COc1cccc(-c2ncnc(N3CCC(C(=O)O)CC3)c2[N+](=O)[O-])c1. The van der Waals surface area contributed by atoms with Crippen molar-refractivity contribution in [2.45, 2.75) is 12.8 Å². The lowest BCUT2D eigenvalue weighted by molar-refractivity contribution is -0.383. The van der Waals surface area contributed by atoms with Crippen LogP contribution in [0.25, 0.3) is 11.3 Å². The van der Waals surface area contributed by atoms with Crippen LogP contribution in [-0.4, -0.2) is 46.2 Å². The summed E-state index contributed by atoms with van der Waals surface area (Å²) in [5, 5.41) is 20.9. The first-order valence-corrected chi connectivity index (χ1v) is 8.13. The number of carbonyl (C=O) groups is 1. The van der Waals surface area contributed by atoms with Gasteiger partial charge in [0.2, 0.25) is 5.82 Å². The number of carboxylic acid groups (broad SMARTS) is 1. The molecule has 2 aromatic rings. The number of aliphatic carboxylic acids is 1. The predicted molar refractivity (Wildman–Crippen MR) is 93.2 cm³/mol. The van der Waals surface area contributed by atoms with Crippen LogP contribution in [0.1, 0.15) is 12.8 Å². The Labute approximate surface area is 149 Å². The number of benzene rings is 1. The standard InChI is InChI=1S/C17H18N4O5/c1-26-13-4-2-3-12(9-13)14-15(21(24)25)16(19-10-18-14)20-7-5-11(6-8-20)17(22)23/h2-4,9-11H,5-8H2,1H3,(H,22,23). The Balaban J connectivity index is 1.99. The number of nitro groups is 1. The van der Waals surface area contributed by atoms with Crippen LogP contribution in [0.5, 0.6) is 5.75 Å². The lowest BCUT2D eigenvalue weighted by Crippen LogP contribution is -2.37. The van der Waals surface area contributed by atoms with Crippen LogP contribution in [0.3, 0.4) is 0 Å². The number of rotatable bonds is 5. The van der Waals surface area contributed by atoms with Crippen molar-refractivity contribution in [3.8, 4) is 17.0 Å². The fourth-order valence-corrected chi connectivity index (χ4v) is 3.09. The van der Waals surface area contributed by atoms with Crippen molar-refractivity contribution in [3.05, 3.63) is 40.7 Å². The van der Waals surface area contributed by atoms with E-state index in [4.69, 9.17) is 9.84 Å². The zero-order valence-corrected chi connectivity index (χ0v) is 14.2. The highest BCUT2D eigenvalue weighted by atomic mass is 16.6. The first-order chi connectivity index (χ1) is 12.5. The van der Waals surface area contributed by atoms with E-state index in [2.05, 4.69) is 9.97 Å². The molecule has 1 N–H and O–H groups in total. The summed E-state index contributed by atoms with van der Waals surface area (Å²) in [4.78, 5) is 32.4. The van der Waals surface area contributed by atoms with Gasteiger partial charge in [0.15, 0.2) is 5.69 Å². The van der Waals surface area contributed by atoms with E-state index < -0.39 is 16.8 Å². The lowest BCUT2D eigenvalue weighted by atomic mass is 9.97. The van der Waals surface area contributed by atoms with Crippen molar-refractivity contribution >= 4 is 17.5 Å². The molecule has 136 valence electrons. The summed E-state index contributed by atoms with van der Waals surface area (Å²) < 4.78 is 5.18. The van der Waals surface area contributed by atoms with Gasteiger partial charge in [-0.25, -0.2) is 9.97 Å². The molecule has 9 heteroatoms. The highest BCUT2D eigenvalue weighted by Gasteiger charge is 2.32. The largest absolute Gasteiger partial charge is 0.497 e. The lowest BCUT2D eigenvalue weighted by Gasteiger charge is -2.30. The molecule has 1 saturated heterocycles. The third-order valence-corrected chi connectivity index (χ3v) is 4.47. The molecule has 0 radical (unpaired) electrons. The fourth-order valence-electron chi connectivity index (χ4n) is 3.09. The Hall–Kier alpha value is -3.23. The molecule has 1 fully saturated rings. The molecule has 0 spiro atoms. The molecule has 0 aliphatic carbocycles. The molecule has 2 heterocycles. The summed E-state index contributed by atoms with van der Waals surface area (Å²) in [5.74, 6) is -0.477. The predicted octanol–water partition coefficient (Wildman–Crippen LogP) is 2.36. The maximum atomic E-state index is 11.8. The topological polar surface area (TPSA) is 119 Å². The van der Waals surface area contributed by atoms with E-state index in [-0.39, 0.29) is 17.2 Å². The van der Waals surface area contributed by atoms with E-state index in [0.29, 0.717) is 37.2 Å². The Morgan fingerprint density at radius 2 is 2.08 bits per heavy atom. The van der Waals surface area contributed by atoms with Gasteiger partial charge in [0.1, 0.15) is 12.1 Å². The second-order valence-corrected chi connectivity index (χ2v) is 5.98. The summed E-state index contributed by atoms with van der Waals surface area (Å²) in [7, 11) is 1.52. The number of nitrogens with zero attached hydrogens (tertiary/aromatic N) is 4. The Kier molecular flexibility index (Phi) is 4.97. The van der Waals surface area contributed by atoms with Gasteiger partial charge in [-0.2, -0.15) is 0 Å². The van der Waals surface area contributed by atoms with Gasteiger partial charge in [0, 0.05) is 18.7 Å². The number of hydrogen-bond donors (Lipinski definition) is 1. The molecule has 1 aromatic heterocycles. The highest BCUT2D eigenvalue weighted by Crippen LogP contribution is 2.37. The summed E-state index contributed by atoms with van der Waals surface area (Å²) in [6.45, 7) is 0.790. The first kappa shape index (κ1) is 17.6. The Bertz CT molecular complexity index is 834. The molecule has 1 aromatic carbocycles. The van der Waals surface area contributed by atoms with E-state index in [1.807, 2.05) is 0 Å². The van der Waals surface area contributed by atoms with E-state index in [0.717, 1.165) is 0 Å². The molecule has 26 heavy (non-hydrogen) atoms. The summed E-state index contributed by atoms with van der Waals surface area (Å²) in [5.41, 5.74) is 0.578. The van der Waals surface area contributed by atoms with Crippen LogP contribution < -0.4 is 9.64 Å². The van der Waals surface area contributed by atoms with Gasteiger partial charge in [0.05, 0.1) is 18.0 Å².